The minimum atomic E-state index is -3.49. The summed E-state index contributed by atoms with van der Waals surface area (Å²) in [5.41, 5.74) is 6.16. The van der Waals surface area contributed by atoms with Crippen molar-refractivity contribution in [3.63, 3.8) is 0 Å². The molecule has 0 radical (unpaired) electrons. The van der Waals surface area contributed by atoms with Gasteiger partial charge in [0.1, 0.15) is 4.90 Å². The van der Waals surface area contributed by atoms with Gasteiger partial charge in [0.25, 0.3) is 0 Å². The van der Waals surface area contributed by atoms with Crippen molar-refractivity contribution in [2.24, 2.45) is 5.41 Å². The summed E-state index contributed by atoms with van der Waals surface area (Å²) in [5.74, 6) is 0. The highest BCUT2D eigenvalue weighted by atomic mass is 79.9. The first-order chi connectivity index (χ1) is 8.72. The van der Waals surface area contributed by atoms with Crippen molar-refractivity contribution in [1.82, 2.24) is 4.31 Å². The third kappa shape index (κ3) is 3.12. The van der Waals surface area contributed by atoms with E-state index in [-0.39, 0.29) is 16.0 Å². The van der Waals surface area contributed by atoms with Crippen LogP contribution in [-0.2, 0) is 10.0 Å². The van der Waals surface area contributed by atoms with E-state index in [4.69, 9.17) is 5.73 Å². The molecule has 0 atom stereocenters. The van der Waals surface area contributed by atoms with Gasteiger partial charge in [-0.25, -0.2) is 8.42 Å². The van der Waals surface area contributed by atoms with E-state index >= 15 is 0 Å². The number of hydrogen-bond donors (Lipinski definition) is 1. The molecule has 106 valence electrons. The summed E-state index contributed by atoms with van der Waals surface area (Å²) < 4.78 is 27.6. The molecule has 0 spiro atoms. The molecule has 19 heavy (non-hydrogen) atoms. The lowest BCUT2D eigenvalue weighted by atomic mass is 9.85. The number of nitrogen functional groups attached to an aromatic ring is 1. The second kappa shape index (κ2) is 5.07. The summed E-state index contributed by atoms with van der Waals surface area (Å²) in [4.78, 5) is 0.202. The van der Waals surface area contributed by atoms with E-state index in [0.717, 1.165) is 17.3 Å². The fourth-order valence-corrected chi connectivity index (χ4v) is 4.61. The quantitative estimate of drug-likeness (QED) is 0.837. The molecule has 1 aliphatic rings. The van der Waals surface area contributed by atoms with E-state index in [1.807, 2.05) is 0 Å². The van der Waals surface area contributed by atoms with Gasteiger partial charge in [0.2, 0.25) is 10.0 Å². The van der Waals surface area contributed by atoms with E-state index in [9.17, 15) is 8.42 Å². The van der Waals surface area contributed by atoms with Crippen LogP contribution in [0.3, 0.4) is 0 Å². The maximum Gasteiger partial charge on any atom is 0.245 e. The minimum Gasteiger partial charge on any atom is -0.398 e. The number of rotatable bonds is 2. The highest BCUT2D eigenvalue weighted by molar-refractivity contribution is 9.10. The lowest BCUT2D eigenvalue weighted by Gasteiger charge is -2.37. The predicted octanol–water partition coefficient (Wildman–Crippen LogP) is 2.84. The van der Waals surface area contributed by atoms with Crippen molar-refractivity contribution >= 4 is 31.6 Å². The fraction of sp³-hybridized carbons (Fsp3) is 0.538. The molecule has 2 rings (SSSR count). The summed E-state index contributed by atoms with van der Waals surface area (Å²) in [6.45, 7) is 5.31. The van der Waals surface area contributed by atoms with Crippen molar-refractivity contribution < 1.29 is 8.42 Å². The number of piperidine rings is 1. The second-order valence-corrected chi connectivity index (χ2v) is 8.61. The van der Waals surface area contributed by atoms with E-state index in [0.29, 0.717) is 13.1 Å². The molecule has 1 aromatic rings. The largest absolute Gasteiger partial charge is 0.398 e. The zero-order valence-corrected chi connectivity index (χ0v) is 13.6. The van der Waals surface area contributed by atoms with Gasteiger partial charge >= 0.3 is 0 Å². The molecule has 0 unspecified atom stereocenters. The Morgan fingerprint density at radius 1 is 1.37 bits per heavy atom. The molecule has 0 aromatic heterocycles. The molecule has 0 amide bonds. The molecule has 0 aliphatic carbocycles. The van der Waals surface area contributed by atoms with Crippen LogP contribution < -0.4 is 5.73 Å². The summed E-state index contributed by atoms with van der Waals surface area (Å²) in [6.07, 6.45) is 1.94. The maximum atomic E-state index is 12.6. The van der Waals surface area contributed by atoms with Gasteiger partial charge < -0.3 is 5.73 Å². The van der Waals surface area contributed by atoms with Crippen LogP contribution in [0.1, 0.15) is 26.7 Å². The standard InChI is InChI=1S/C13H19BrN2O2S/c1-13(2)6-3-7-16(9-13)19(17,18)12-5-4-10(14)8-11(12)15/h4-5,8H,3,6-7,9,15H2,1-2H3. The summed E-state index contributed by atoms with van der Waals surface area (Å²) >= 11 is 3.29. The Bertz CT molecular complexity index is 584. The monoisotopic (exact) mass is 346 g/mol. The fourth-order valence-electron chi connectivity index (χ4n) is 2.47. The van der Waals surface area contributed by atoms with Gasteiger partial charge in [-0.3, -0.25) is 0 Å². The second-order valence-electron chi connectivity index (χ2n) is 5.79. The van der Waals surface area contributed by atoms with Crippen LogP contribution in [0.15, 0.2) is 27.6 Å². The van der Waals surface area contributed by atoms with Gasteiger partial charge in [0.05, 0.1) is 5.69 Å². The predicted molar refractivity (Wildman–Crippen MR) is 80.3 cm³/mol. The highest BCUT2D eigenvalue weighted by Gasteiger charge is 2.34. The summed E-state index contributed by atoms with van der Waals surface area (Å²) in [7, 11) is -3.49. The third-order valence-electron chi connectivity index (χ3n) is 3.46. The smallest absolute Gasteiger partial charge is 0.245 e. The average molecular weight is 347 g/mol. The number of halogens is 1. The lowest BCUT2D eigenvalue weighted by molar-refractivity contribution is 0.187. The Kier molecular flexibility index (Phi) is 3.95. The van der Waals surface area contributed by atoms with Crippen molar-refractivity contribution in [3.05, 3.63) is 22.7 Å². The third-order valence-corrected chi connectivity index (χ3v) is 5.87. The Hall–Kier alpha value is -0.590. The molecule has 1 saturated heterocycles. The first kappa shape index (κ1) is 14.8. The van der Waals surface area contributed by atoms with Crippen LogP contribution in [-0.4, -0.2) is 25.8 Å². The van der Waals surface area contributed by atoms with Gasteiger partial charge in [-0.2, -0.15) is 4.31 Å². The average Bonchev–Trinajstić information content (AvgIpc) is 2.27. The molecule has 1 aliphatic heterocycles. The molecule has 6 heteroatoms. The van der Waals surface area contributed by atoms with E-state index in [1.54, 1.807) is 22.5 Å². The zero-order chi connectivity index (χ0) is 14.3. The normalized spacial score (nSPS) is 20.4. The van der Waals surface area contributed by atoms with E-state index in [2.05, 4.69) is 29.8 Å². The summed E-state index contributed by atoms with van der Waals surface area (Å²) in [5, 5.41) is 0. The van der Waals surface area contributed by atoms with Crippen LogP contribution >= 0.6 is 15.9 Å². The van der Waals surface area contributed by atoms with E-state index in [1.165, 1.54) is 0 Å². The molecule has 1 heterocycles. The van der Waals surface area contributed by atoms with Gasteiger partial charge in [0.15, 0.2) is 0 Å². The Morgan fingerprint density at radius 2 is 2.05 bits per heavy atom. The first-order valence-electron chi connectivity index (χ1n) is 6.28. The SMILES string of the molecule is CC1(C)CCCN(S(=O)(=O)c2ccc(Br)cc2N)C1. The number of nitrogens with two attached hydrogens (primary N) is 1. The molecule has 2 N–H and O–H groups in total. The number of nitrogens with zero attached hydrogens (tertiary/aromatic N) is 1. The van der Waals surface area contributed by atoms with Gasteiger partial charge in [-0.05, 0) is 36.5 Å². The number of sulfonamides is 1. The molecular formula is C13H19BrN2O2S. The molecule has 1 fully saturated rings. The van der Waals surface area contributed by atoms with Gasteiger partial charge in [-0.15, -0.1) is 0 Å². The van der Waals surface area contributed by atoms with Crippen molar-refractivity contribution in [2.75, 3.05) is 18.8 Å². The molecule has 4 nitrogen and oxygen atoms in total. The zero-order valence-electron chi connectivity index (χ0n) is 11.2. The number of anilines is 1. The lowest BCUT2D eigenvalue weighted by Crippen LogP contribution is -2.43. The molecule has 1 aromatic carbocycles. The Morgan fingerprint density at radius 3 is 2.63 bits per heavy atom. The van der Waals surface area contributed by atoms with Crippen molar-refractivity contribution in [2.45, 2.75) is 31.6 Å². The Balaban J connectivity index is 2.37. The van der Waals surface area contributed by atoms with Crippen LogP contribution in [0, 0.1) is 5.41 Å². The van der Waals surface area contributed by atoms with Crippen LogP contribution in [0.5, 0.6) is 0 Å². The highest BCUT2D eigenvalue weighted by Crippen LogP contribution is 2.33. The maximum absolute atomic E-state index is 12.6. The molecule has 0 bridgehead atoms. The minimum absolute atomic E-state index is 0.0233. The van der Waals surface area contributed by atoms with Crippen molar-refractivity contribution in [3.8, 4) is 0 Å². The van der Waals surface area contributed by atoms with Crippen LogP contribution in [0.4, 0.5) is 5.69 Å². The van der Waals surface area contributed by atoms with E-state index < -0.39 is 10.0 Å². The van der Waals surface area contributed by atoms with Crippen LogP contribution in [0.25, 0.3) is 0 Å². The summed E-state index contributed by atoms with van der Waals surface area (Å²) in [6, 6.07) is 4.90. The molecular weight excluding hydrogens is 328 g/mol. The topological polar surface area (TPSA) is 63.4 Å². The Labute approximate surface area is 123 Å². The van der Waals surface area contributed by atoms with Crippen molar-refractivity contribution in [1.29, 1.82) is 0 Å². The number of benzene rings is 1. The van der Waals surface area contributed by atoms with Crippen LogP contribution in [0.2, 0.25) is 0 Å². The first-order valence-corrected chi connectivity index (χ1v) is 8.51. The van der Waals surface area contributed by atoms with Gasteiger partial charge in [-0.1, -0.05) is 29.8 Å². The number of hydrogen-bond acceptors (Lipinski definition) is 3. The van der Waals surface area contributed by atoms with Gasteiger partial charge in [0, 0.05) is 17.6 Å². The molecule has 0 saturated carbocycles.